The number of rotatable bonds is 0. The lowest BCUT2D eigenvalue weighted by atomic mass is 9.99. The molecule has 0 aliphatic rings. The van der Waals surface area contributed by atoms with E-state index >= 15 is 0 Å². The minimum absolute atomic E-state index is 0.936. The van der Waals surface area contributed by atoms with Crippen molar-refractivity contribution >= 4 is 91.4 Å². The lowest BCUT2D eigenvalue weighted by Crippen LogP contribution is -1.90. The van der Waals surface area contributed by atoms with Gasteiger partial charge in [-0.1, -0.05) is 66.7 Å². The highest BCUT2D eigenvalue weighted by atomic mass is 32.1. The minimum atomic E-state index is 0.936. The third-order valence-electron chi connectivity index (χ3n) is 7.55. The van der Waals surface area contributed by atoms with E-state index < -0.39 is 0 Å². The van der Waals surface area contributed by atoms with Gasteiger partial charge in [-0.15, -0.1) is 11.3 Å². The average Bonchev–Trinajstić information content (AvgIpc) is 3.58. The monoisotopic (exact) mass is 463 g/mol. The van der Waals surface area contributed by atoms with Gasteiger partial charge in [-0.2, -0.15) is 0 Å². The van der Waals surface area contributed by atoms with Crippen LogP contribution in [0.15, 0.2) is 108 Å². The third-order valence-corrected chi connectivity index (χ3v) is 8.68. The van der Waals surface area contributed by atoms with Crippen molar-refractivity contribution < 1.29 is 4.42 Å². The minimum Gasteiger partial charge on any atom is -0.455 e. The van der Waals surface area contributed by atoms with Crippen molar-refractivity contribution in [1.82, 2.24) is 4.40 Å². The van der Waals surface area contributed by atoms with E-state index in [0.717, 1.165) is 11.2 Å². The second-order valence-electron chi connectivity index (χ2n) is 9.36. The van der Waals surface area contributed by atoms with Gasteiger partial charge in [0, 0.05) is 64.1 Å². The Balaban J connectivity index is 1.64. The molecule has 5 aromatic carbocycles. The number of hydrogen-bond donors (Lipinski definition) is 0. The Hall–Kier alpha value is -4.34. The molecule has 0 atom stereocenters. The molecule has 162 valence electrons. The molecule has 0 saturated carbocycles. The second kappa shape index (κ2) is 6.21. The Kier molecular flexibility index (Phi) is 3.20. The zero-order valence-electron chi connectivity index (χ0n) is 18.6. The number of fused-ring (bicyclic) bond motifs is 15. The molecule has 9 rings (SSSR count). The molecule has 0 spiro atoms. The van der Waals surface area contributed by atoms with Crippen LogP contribution >= 0.6 is 11.3 Å². The fourth-order valence-corrected chi connectivity index (χ4v) is 7.16. The van der Waals surface area contributed by atoms with Crippen LogP contribution in [0.3, 0.4) is 0 Å². The summed E-state index contributed by atoms with van der Waals surface area (Å²) in [5, 5.41) is 11.2. The number of furan rings is 1. The molecular formula is C32H17NOS. The van der Waals surface area contributed by atoms with Crippen molar-refractivity contribution in [3.63, 3.8) is 0 Å². The normalized spacial score (nSPS) is 12.6. The topological polar surface area (TPSA) is 17.6 Å². The molecule has 9 aromatic rings. The van der Waals surface area contributed by atoms with Gasteiger partial charge in [0.05, 0.1) is 11.0 Å². The van der Waals surface area contributed by atoms with Gasteiger partial charge in [-0.05, 0) is 30.3 Å². The highest BCUT2D eigenvalue weighted by Crippen LogP contribution is 2.44. The average molecular weight is 464 g/mol. The molecule has 4 aromatic heterocycles. The SMILES string of the molecule is c1ccc2c(c1)cn1c3cc4c(cc3c3c(ccc5c6ccccc6oc53)c21)sc1ccccc14. The number of para-hydroxylation sites is 1. The largest absolute Gasteiger partial charge is 0.455 e. The maximum atomic E-state index is 6.58. The van der Waals surface area contributed by atoms with E-state index in [4.69, 9.17) is 4.42 Å². The molecule has 0 saturated heterocycles. The van der Waals surface area contributed by atoms with Crippen molar-refractivity contribution in [3.05, 3.63) is 103 Å². The number of benzene rings is 5. The van der Waals surface area contributed by atoms with Crippen LogP contribution in [0.4, 0.5) is 0 Å². The molecule has 0 radical (unpaired) electrons. The van der Waals surface area contributed by atoms with Gasteiger partial charge in [0.1, 0.15) is 11.2 Å². The summed E-state index contributed by atoms with van der Waals surface area (Å²) < 4.78 is 11.6. The van der Waals surface area contributed by atoms with Crippen LogP contribution < -0.4 is 0 Å². The van der Waals surface area contributed by atoms with Gasteiger partial charge < -0.3 is 8.82 Å². The number of pyridine rings is 1. The molecule has 2 nitrogen and oxygen atoms in total. The smallest absolute Gasteiger partial charge is 0.144 e. The van der Waals surface area contributed by atoms with E-state index in [1.165, 1.54) is 68.9 Å². The zero-order valence-corrected chi connectivity index (χ0v) is 19.4. The number of aromatic nitrogens is 1. The van der Waals surface area contributed by atoms with Crippen molar-refractivity contribution in [1.29, 1.82) is 0 Å². The predicted octanol–water partition coefficient (Wildman–Crippen LogP) is 9.67. The van der Waals surface area contributed by atoms with Crippen LogP contribution in [0.2, 0.25) is 0 Å². The second-order valence-corrected chi connectivity index (χ2v) is 10.4. The summed E-state index contributed by atoms with van der Waals surface area (Å²) in [5.41, 5.74) is 4.37. The number of thiophene rings is 1. The van der Waals surface area contributed by atoms with Crippen LogP contribution in [-0.4, -0.2) is 4.40 Å². The maximum absolute atomic E-state index is 6.58. The summed E-state index contributed by atoms with van der Waals surface area (Å²) in [5.74, 6) is 0. The van der Waals surface area contributed by atoms with Crippen LogP contribution in [0.25, 0.3) is 80.1 Å². The fraction of sp³-hybridized carbons (Fsp3) is 0. The van der Waals surface area contributed by atoms with Gasteiger partial charge in [-0.3, -0.25) is 0 Å². The van der Waals surface area contributed by atoms with Gasteiger partial charge >= 0.3 is 0 Å². The third kappa shape index (κ3) is 2.20. The fourth-order valence-electron chi connectivity index (χ4n) is 6.04. The Morgan fingerprint density at radius 2 is 1.34 bits per heavy atom. The molecular weight excluding hydrogens is 446 g/mol. The molecule has 3 heteroatoms. The lowest BCUT2D eigenvalue weighted by molar-refractivity contribution is 0.673. The molecule has 0 fully saturated rings. The van der Waals surface area contributed by atoms with Crippen molar-refractivity contribution in [2.75, 3.05) is 0 Å². The van der Waals surface area contributed by atoms with Gasteiger partial charge in [0.25, 0.3) is 0 Å². The molecule has 4 heterocycles. The van der Waals surface area contributed by atoms with E-state index in [2.05, 4.69) is 102 Å². The van der Waals surface area contributed by atoms with Crippen LogP contribution in [0, 0.1) is 0 Å². The Morgan fingerprint density at radius 1 is 0.571 bits per heavy atom. The van der Waals surface area contributed by atoms with Crippen LogP contribution in [-0.2, 0) is 0 Å². The first-order valence-corrected chi connectivity index (χ1v) is 12.7. The standard InChI is InChI=1S/C32H17NOS/c1-2-8-19-18(7-1)17-33-26-15-24-21-10-4-6-12-28(21)35-29(24)16-25(26)30-23(31(19)33)14-13-22-20-9-3-5-11-27(20)34-32(22)30/h1-17H. The van der Waals surface area contributed by atoms with E-state index in [-0.39, 0.29) is 0 Å². The Morgan fingerprint density at radius 3 is 2.29 bits per heavy atom. The lowest BCUT2D eigenvalue weighted by Gasteiger charge is -2.11. The van der Waals surface area contributed by atoms with E-state index in [9.17, 15) is 0 Å². The molecule has 35 heavy (non-hydrogen) atoms. The molecule has 0 amide bonds. The predicted molar refractivity (Wildman–Crippen MR) is 150 cm³/mol. The molecule has 0 bridgehead atoms. The highest BCUT2D eigenvalue weighted by Gasteiger charge is 2.19. The molecule has 0 aliphatic heterocycles. The number of nitrogens with zero attached hydrogens (tertiary/aromatic N) is 1. The summed E-state index contributed by atoms with van der Waals surface area (Å²) in [6.07, 6.45) is 2.29. The molecule has 0 aliphatic carbocycles. The Labute approximate surface area is 203 Å². The Bertz CT molecular complexity index is 2330. The maximum Gasteiger partial charge on any atom is 0.144 e. The summed E-state index contributed by atoms with van der Waals surface area (Å²) in [6, 6.07) is 35.1. The summed E-state index contributed by atoms with van der Waals surface area (Å²) in [4.78, 5) is 0. The molecule has 0 unspecified atom stereocenters. The van der Waals surface area contributed by atoms with E-state index in [1.807, 2.05) is 17.4 Å². The van der Waals surface area contributed by atoms with Crippen molar-refractivity contribution in [2.45, 2.75) is 0 Å². The van der Waals surface area contributed by atoms with Gasteiger partial charge in [-0.25, -0.2) is 0 Å². The van der Waals surface area contributed by atoms with E-state index in [0.29, 0.717) is 0 Å². The summed E-state index contributed by atoms with van der Waals surface area (Å²) >= 11 is 1.87. The first-order chi connectivity index (χ1) is 17.3. The zero-order chi connectivity index (χ0) is 22.7. The van der Waals surface area contributed by atoms with E-state index in [1.54, 1.807) is 0 Å². The van der Waals surface area contributed by atoms with Crippen LogP contribution in [0.5, 0.6) is 0 Å². The van der Waals surface area contributed by atoms with Gasteiger partial charge in [0.2, 0.25) is 0 Å². The number of hydrogen-bond acceptors (Lipinski definition) is 2. The summed E-state index contributed by atoms with van der Waals surface area (Å²) in [7, 11) is 0. The first-order valence-electron chi connectivity index (χ1n) is 11.9. The quantitative estimate of drug-likeness (QED) is 0.205. The molecule has 0 N–H and O–H groups in total. The first kappa shape index (κ1) is 18.0. The highest BCUT2D eigenvalue weighted by molar-refractivity contribution is 7.25. The van der Waals surface area contributed by atoms with Gasteiger partial charge in [0.15, 0.2) is 0 Å². The summed E-state index contributed by atoms with van der Waals surface area (Å²) in [6.45, 7) is 0. The van der Waals surface area contributed by atoms with Crippen molar-refractivity contribution in [3.8, 4) is 0 Å². The van der Waals surface area contributed by atoms with Crippen molar-refractivity contribution in [2.24, 2.45) is 0 Å². The van der Waals surface area contributed by atoms with Crippen LogP contribution in [0.1, 0.15) is 0 Å².